The lowest BCUT2D eigenvalue weighted by atomic mass is 10.1. The van der Waals surface area contributed by atoms with Gasteiger partial charge in [0.15, 0.2) is 0 Å². The van der Waals surface area contributed by atoms with Crippen LogP contribution < -0.4 is 19.7 Å². The van der Waals surface area contributed by atoms with Gasteiger partial charge in [-0.3, -0.25) is 14.4 Å². The van der Waals surface area contributed by atoms with Crippen LogP contribution in [0.2, 0.25) is 0 Å². The molecule has 0 radical (unpaired) electrons. The number of rotatable bonds is 9. The number of hydrogen-bond donors (Lipinski definition) is 2. The molecule has 9 nitrogen and oxygen atoms in total. The Morgan fingerprint density at radius 3 is 2.44 bits per heavy atom. The topological polar surface area (TPSA) is 100 Å². The van der Waals surface area contributed by atoms with E-state index in [1.165, 1.54) is 19.2 Å². The monoisotopic (exact) mass is 462 g/mol. The van der Waals surface area contributed by atoms with Crippen molar-refractivity contribution in [2.45, 2.75) is 4.90 Å². The number of carbonyl (C=O) groups excluding carboxylic acids is 1. The summed E-state index contributed by atoms with van der Waals surface area (Å²) in [5.74, 6) is 0.308. The zero-order valence-electron chi connectivity index (χ0n) is 18.6. The normalized spacial score (nSPS) is 14.6. The van der Waals surface area contributed by atoms with E-state index < -0.39 is 10.0 Å². The SMILES string of the molecule is COc1ccc(S(=O)(=O)Nc2ccc(N(C)C)c(C(=O)NCCN3CCOCC3)c2)cc1. The van der Waals surface area contributed by atoms with E-state index in [4.69, 9.17) is 9.47 Å². The Kier molecular flexibility index (Phi) is 7.94. The minimum atomic E-state index is -3.81. The third-order valence-corrected chi connectivity index (χ3v) is 6.56. The summed E-state index contributed by atoms with van der Waals surface area (Å²) in [5.41, 5.74) is 1.40. The summed E-state index contributed by atoms with van der Waals surface area (Å²) in [5, 5.41) is 2.94. The maximum atomic E-state index is 12.9. The van der Waals surface area contributed by atoms with E-state index >= 15 is 0 Å². The molecule has 1 amide bonds. The molecule has 0 aliphatic carbocycles. The highest BCUT2D eigenvalue weighted by atomic mass is 32.2. The van der Waals surface area contributed by atoms with Crippen LogP contribution in [-0.4, -0.2) is 79.8 Å². The molecule has 3 rings (SSSR count). The lowest BCUT2D eigenvalue weighted by Crippen LogP contribution is -2.41. The third-order valence-electron chi connectivity index (χ3n) is 5.16. The van der Waals surface area contributed by atoms with Crippen LogP contribution in [0.15, 0.2) is 47.4 Å². The first kappa shape index (κ1) is 23.8. The fraction of sp³-hybridized carbons (Fsp3) is 0.409. The van der Waals surface area contributed by atoms with Crippen molar-refractivity contribution in [1.82, 2.24) is 10.2 Å². The molecule has 32 heavy (non-hydrogen) atoms. The van der Waals surface area contributed by atoms with Crippen LogP contribution in [0.5, 0.6) is 5.75 Å². The molecule has 0 aromatic heterocycles. The molecule has 0 saturated carbocycles. The lowest BCUT2D eigenvalue weighted by molar-refractivity contribution is 0.0383. The Morgan fingerprint density at radius 1 is 1.12 bits per heavy atom. The Hall–Kier alpha value is -2.82. The van der Waals surface area contributed by atoms with Gasteiger partial charge in [0, 0.05) is 51.6 Å². The fourth-order valence-electron chi connectivity index (χ4n) is 3.39. The number of hydrogen-bond acceptors (Lipinski definition) is 7. The Morgan fingerprint density at radius 2 is 1.81 bits per heavy atom. The van der Waals surface area contributed by atoms with Crippen LogP contribution >= 0.6 is 0 Å². The summed E-state index contributed by atoms with van der Waals surface area (Å²) in [4.78, 5) is 17.1. The van der Waals surface area contributed by atoms with E-state index in [0.29, 0.717) is 42.4 Å². The van der Waals surface area contributed by atoms with Crippen molar-refractivity contribution in [3.63, 3.8) is 0 Å². The number of methoxy groups -OCH3 is 1. The maximum absolute atomic E-state index is 12.9. The number of nitrogens with one attached hydrogen (secondary N) is 2. The van der Waals surface area contributed by atoms with Crippen LogP contribution in [-0.2, 0) is 14.8 Å². The number of anilines is 2. The van der Waals surface area contributed by atoms with Crippen molar-refractivity contribution in [1.29, 1.82) is 0 Å². The molecule has 174 valence electrons. The average Bonchev–Trinajstić information content (AvgIpc) is 2.79. The molecule has 0 bridgehead atoms. The summed E-state index contributed by atoms with van der Waals surface area (Å²) >= 11 is 0. The van der Waals surface area contributed by atoms with Gasteiger partial charge in [-0.25, -0.2) is 8.42 Å². The predicted molar refractivity (Wildman–Crippen MR) is 124 cm³/mol. The minimum absolute atomic E-state index is 0.103. The van der Waals surface area contributed by atoms with Gasteiger partial charge in [0.05, 0.1) is 30.8 Å². The van der Waals surface area contributed by atoms with Crippen molar-refractivity contribution in [2.24, 2.45) is 0 Å². The number of nitrogens with zero attached hydrogens (tertiary/aromatic N) is 2. The third kappa shape index (κ3) is 6.12. The summed E-state index contributed by atoms with van der Waals surface area (Å²) in [6.45, 7) is 4.33. The van der Waals surface area contributed by atoms with Crippen molar-refractivity contribution in [2.75, 3.05) is 70.2 Å². The first-order valence-corrected chi connectivity index (χ1v) is 11.8. The highest BCUT2D eigenvalue weighted by molar-refractivity contribution is 7.92. The molecule has 2 aromatic carbocycles. The second-order valence-electron chi connectivity index (χ2n) is 7.62. The summed E-state index contributed by atoms with van der Waals surface area (Å²) in [6, 6.07) is 11.0. The second-order valence-corrected chi connectivity index (χ2v) is 9.30. The number of benzene rings is 2. The van der Waals surface area contributed by atoms with Gasteiger partial charge in [-0.15, -0.1) is 0 Å². The Bertz CT molecular complexity index is 1020. The van der Waals surface area contributed by atoms with Gasteiger partial charge in [-0.1, -0.05) is 0 Å². The molecule has 1 fully saturated rings. The standard InChI is InChI=1S/C22H30N4O5S/c1-25(2)21-9-4-17(24-32(28,29)19-7-5-18(30-3)6-8-19)16-20(21)22(27)23-10-11-26-12-14-31-15-13-26/h4-9,16,24H,10-15H2,1-3H3,(H,23,27). The smallest absolute Gasteiger partial charge is 0.261 e. The molecule has 1 aliphatic heterocycles. The van der Waals surface area contributed by atoms with Crippen LogP contribution in [0.3, 0.4) is 0 Å². The Balaban J connectivity index is 1.73. The van der Waals surface area contributed by atoms with E-state index in [9.17, 15) is 13.2 Å². The second kappa shape index (κ2) is 10.7. The molecule has 0 spiro atoms. The van der Waals surface area contributed by atoms with E-state index in [-0.39, 0.29) is 10.8 Å². The summed E-state index contributed by atoms with van der Waals surface area (Å²) in [6.07, 6.45) is 0. The summed E-state index contributed by atoms with van der Waals surface area (Å²) in [7, 11) is 1.37. The van der Waals surface area contributed by atoms with E-state index in [0.717, 1.165) is 19.6 Å². The van der Waals surface area contributed by atoms with E-state index in [1.54, 1.807) is 30.3 Å². The molecule has 1 aliphatic rings. The van der Waals surface area contributed by atoms with Gasteiger partial charge in [-0.2, -0.15) is 0 Å². The first-order chi connectivity index (χ1) is 15.3. The minimum Gasteiger partial charge on any atom is -0.497 e. The first-order valence-electron chi connectivity index (χ1n) is 10.4. The Labute approximate surface area is 189 Å². The highest BCUT2D eigenvalue weighted by Gasteiger charge is 2.19. The van der Waals surface area contributed by atoms with Crippen molar-refractivity contribution < 1.29 is 22.7 Å². The number of sulfonamides is 1. The van der Waals surface area contributed by atoms with Crippen LogP contribution in [0.1, 0.15) is 10.4 Å². The average molecular weight is 463 g/mol. The number of morpholine rings is 1. The zero-order chi connectivity index (χ0) is 23.1. The van der Waals surface area contributed by atoms with Gasteiger partial charge in [0.2, 0.25) is 0 Å². The van der Waals surface area contributed by atoms with Crippen molar-refractivity contribution >= 4 is 27.3 Å². The summed E-state index contributed by atoms with van der Waals surface area (Å²) < 4.78 is 38.5. The molecule has 1 saturated heterocycles. The quantitative estimate of drug-likeness (QED) is 0.584. The molecule has 2 N–H and O–H groups in total. The fourth-order valence-corrected chi connectivity index (χ4v) is 4.44. The van der Waals surface area contributed by atoms with Gasteiger partial charge >= 0.3 is 0 Å². The molecule has 1 heterocycles. The molecule has 0 atom stereocenters. The molecule has 10 heteroatoms. The van der Waals surface area contributed by atoms with Crippen molar-refractivity contribution in [3.05, 3.63) is 48.0 Å². The van der Waals surface area contributed by atoms with Crippen LogP contribution in [0, 0.1) is 0 Å². The van der Waals surface area contributed by atoms with Crippen LogP contribution in [0.25, 0.3) is 0 Å². The van der Waals surface area contributed by atoms with Gasteiger partial charge < -0.3 is 19.7 Å². The molecular weight excluding hydrogens is 432 g/mol. The van der Waals surface area contributed by atoms with Crippen molar-refractivity contribution in [3.8, 4) is 5.75 Å². The zero-order valence-corrected chi connectivity index (χ0v) is 19.4. The number of ether oxygens (including phenoxy) is 2. The molecule has 0 unspecified atom stereocenters. The highest BCUT2D eigenvalue weighted by Crippen LogP contribution is 2.25. The van der Waals surface area contributed by atoms with E-state index in [2.05, 4.69) is 14.9 Å². The molecule has 2 aromatic rings. The van der Waals surface area contributed by atoms with Gasteiger partial charge in [0.25, 0.3) is 15.9 Å². The van der Waals surface area contributed by atoms with Crippen LogP contribution in [0.4, 0.5) is 11.4 Å². The number of carbonyl (C=O) groups is 1. The number of amides is 1. The maximum Gasteiger partial charge on any atom is 0.261 e. The predicted octanol–water partition coefficient (Wildman–Crippen LogP) is 1.62. The lowest BCUT2D eigenvalue weighted by Gasteiger charge is -2.26. The largest absolute Gasteiger partial charge is 0.497 e. The molecular formula is C22H30N4O5S. The van der Waals surface area contributed by atoms with E-state index in [1.807, 2.05) is 19.0 Å². The van der Waals surface area contributed by atoms with Gasteiger partial charge in [0.1, 0.15) is 5.75 Å². The van der Waals surface area contributed by atoms with Gasteiger partial charge in [-0.05, 0) is 42.5 Å².